The molecular weight excluding hydrogens is 485 g/mol. The van der Waals surface area contributed by atoms with Crippen LogP contribution in [-0.4, -0.2) is 41.3 Å². The second-order valence-electron chi connectivity index (χ2n) is 8.43. The molecule has 37 heavy (non-hydrogen) atoms. The number of nitrogens with one attached hydrogen (secondary N) is 1. The maximum absolute atomic E-state index is 15.1. The molecule has 0 aromatic heterocycles. The lowest BCUT2D eigenvalue weighted by Gasteiger charge is -2.33. The highest BCUT2D eigenvalue weighted by atomic mass is 19.4. The molecule has 1 heterocycles. The molecule has 1 unspecified atom stereocenters. The topological polar surface area (TPSA) is 75.7 Å². The largest absolute Gasteiger partial charge is 0.496 e. The predicted molar refractivity (Wildman–Crippen MR) is 130 cm³/mol. The molecule has 2 amide bonds. The van der Waals surface area contributed by atoms with Gasteiger partial charge in [-0.25, -0.2) is 0 Å². The average molecular weight is 508 g/mol. The van der Waals surface area contributed by atoms with Crippen molar-refractivity contribution in [1.82, 2.24) is 10.2 Å². The van der Waals surface area contributed by atoms with Crippen molar-refractivity contribution in [2.24, 2.45) is 0 Å². The summed E-state index contributed by atoms with van der Waals surface area (Å²) in [5, 5.41) is 1.91. The van der Waals surface area contributed by atoms with Gasteiger partial charge in [-0.15, -0.1) is 0 Å². The van der Waals surface area contributed by atoms with E-state index in [1.54, 1.807) is 42.5 Å². The fraction of sp³-hybridized carbons (Fsp3) is 0.179. The van der Waals surface area contributed by atoms with E-state index in [2.05, 4.69) is 0 Å². The lowest BCUT2D eigenvalue weighted by Crippen LogP contribution is -2.66. The number of halogens is 3. The van der Waals surface area contributed by atoms with E-state index in [4.69, 9.17) is 4.74 Å². The molecule has 3 aromatic rings. The van der Waals surface area contributed by atoms with Gasteiger partial charge in [0.1, 0.15) is 5.75 Å². The number of carbonyl (C=O) groups is 3. The van der Waals surface area contributed by atoms with Crippen molar-refractivity contribution in [3.63, 3.8) is 0 Å². The molecule has 0 saturated heterocycles. The van der Waals surface area contributed by atoms with Crippen LogP contribution in [0.4, 0.5) is 13.2 Å². The van der Waals surface area contributed by atoms with Gasteiger partial charge in [0.05, 0.1) is 24.8 Å². The Morgan fingerprint density at radius 1 is 0.919 bits per heavy atom. The maximum atomic E-state index is 15.1. The number of carbonyl (C=O) groups excluding carboxylic acids is 3. The molecular formula is C28H23F3N2O4. The predicted octanol–water partition coefficient (Wildman–Crippen LogP) is 4.93. The first-order chi connectivity index (χ1) is 17.6. The number of hydrogen-bond acceptors (Lipinski definition) is 4. The molecule has 9 heteroatoms. The van der Waals surface area contributed by atoms with Crippen LogP contribution in [-0.2, 0) is 11.3 Å². The van der Waals surface area contributed by atoms with Crippen molar-refractivity contribution in [2.45, 2.75) is 25.2 Å². The minimum Gasteiger partial charge on any atom is -0.496 e. The van der Waals surface area contributed by atoms with Crippen molar-refractivity contribution < 1.29 is 32.3 Å². The van der Waals surface area contributed by atoms with E-state index >= 15 is 13.2 Å². The van der Waals surface area contributed by atoms with Crippen LogP contribution in [0.25, 0.3) is 0 Å². The normalized spacial score (nSPS) is 17.6. The van der Waals surface area contributed by atoms with Crippen LogP contribution in [0.15, 0.2) is 96.2 Å². The number of allylic oxidation sites excluding steroid dienone is 1. The molecule has 6 nitrogen and oxygen atoms in total. The molecule has 0 aliphatic carbocycles. The molecule has 4 rings (SSSR count). The molecule has 1 atom stereocenters. The third-order valence-electron chi connectivity index (χ3n) is 6.23. The molecule has 0 spiro atoms. The van der Waals surface area contributed by atoms with Gasteiger partial charge in [0, 0.05) is 11.3 Å². The summed E-state index contributed by atoms with van der Waals surface area (Å²) in [5.41, 5.74) is -4.37. The number of Topliss-reactive ketones (excluding diaryl/α,β-unsaturated/α-hetero) is 1. The van der Waals surface area contributed by atoms with Gasteiger partial charge in [-0.3, -0.25) is 14.4 Å². The Balaban J connectivity index is 1.90. The molecule has 0 bridgehead atoms. The molecule has 0 fully saturated rings. The van der Waals surface area contributed by atoms with Gasteiger partial charge in [-0.05, 0) is 24.6 Å². The highest BCUT2D eigenvalue weighted by molar-refractivity contribution is 6.19. The lowest BCUT2D eigenvalue weighted by molar-refractivity contribution is -0.189. The SMILES string of the molecule is COc1ccccc1C(=O)NC1(C(F)(F)F)C(=O)N(Cc2ccccc2)C(C)=C1C(=O)c1ccccc1. The van der Waals surface area contributed by atoms with Crippen LogP contribution in [0.2, 0.25) is 0 Å². The number of ether oxygens (including phenoxy) is 1. The highest BCUT2D eigenvalue weighted by Gasteiger charge is 2.70. The second-order valence-corrected chi connectivity index (χ2v) is 8.43. The summed E-state index contributed by atoms with van der Waals surface area (Å²) in [4.78, 5) is 41.5. The molecule has 1 aliphatic rings. The second kappa shape index (κ2) is 9.93. The Morgan fingerprint density at radius 3 is 2.08 bits per heavy atom. The lowest BCUT2D eigenvalue weighted by atomic mass is 9.84. The van der Waals surface area contributed by atoms with Crippen LogP contribution in [0.1, 0.15) is 33.2 Å². The fourth-order valence-electron chi connectivity index (χ4n) is 4.41. The molecule has 1 N–H and O–H groups in total. The Kier molecular flexibility index (Phi) is 6.89. The van der Waals surface area contributed by atoms with E-state index < -0.39 is 34.9 Å². The number of para-hydroxylation sites is 1. The van der Waals surface area contributed by atoms with E-state index in [0.29, 0.717) is 5.56 Å². The van der Waals surface area contributed by atoms with Crippen molar-refractivity contribution in [1.29, 1.82) is 0 Å². The van der Waals surface area contributed by atoms with E-state index in [9.17, 15) is 14.4 Å². The van der Waals surface area contributed by atoms with Crippen LogP contribution in [0, 0.1) is 0 Å². The molecule has 0 radical (unpaired) electrons. The minimum atomic E-state index is -5.35. The van der Waals surface area contributed by atoms with Crippen molar-refractivity contribution in [2.75, 3.05) is 7.11 Å². The number of alkyl halides is 3. The van der Waals surface area contributed by atoms with Crippen LogP contribution >= 0.6 is 0 Å². The smallest absolute Gasteiger partial charge is 0.425 e. The van der Waals surface area contributed by atoms with Crippen molar-refractivity contribution in [3.8, 4) is 5.75 Å². The van der Waals surface area contributed by atoms with Gasteiger partial charge < -0.3 is 15.0 Å². The van der Waals surface area contributed by atoms with Gasteiger partial charge >= 0.3 is 6.18 Å². The van der Waals surface area contributed by atoms with Crippen LogP contribution in [0.5, 0.6) is 5.75 Å². The fourth-order valence-corrected chi connectivity index (χ4v) is 4.41. The van der Waals surface area contributed by atoms with E-state index in [1.165, 1.54) is 56.5 Å². The quantitative estimate of drug-likeness (QED) is 0.460. The Labute approximate surface area is 211 Å². The summed E-state index contributed by atoms with van der Waals surface area (Å²) >= 11 is 0. The van der Waals surface area contributed by atoms with Crippen LogP contribution in [0.3, 0.4) is 0 Å². The third-order valence-corrected chi connectivity index (χ3v) is 6.23. The molecule has 0 saturated carbocycles. The summed E-state index contributed by atoms with van der Waals surface area (Å²) in [6.45, 7) is 1.05. The van der Waals surface area contributed by atoms with Gasteiger partial charge in [-0.2, -0.15) is 13.2 Å². The first-order valence-electron chi connectivity index (χ1n) is 11.3. The number of nitrogens with zero attached hydrogens (tertiary/aromatic N) is 1. The van der Waals surface area contributed by atoms with Gasteiger partial charge in [-0.1, -0.05) is 72.8 Å². The first-order valence-corrected chi connectivity index (χ1v) is 11.3. The van der Waals surface area contributed by atoms with E-state index in [-0.39, 0.29) is 29.1 Å². The number of ketones is 1. The Morgan fingerprint density at radius 2 is 1.49 bits per heavy atom. The summed E-state index contributed by atoms with van der Waals surface area (Å²) < 4.78 is 50.3. The number of benzene rings is 3. The van der Waals surface area contributed by atoms with E-state index in [0.717, 1.165) is 4.90 Å². The zero-order chi connectivity index (χ0) is 26.8. The van der Waals surface area contributed by atoms with Crippen molar-refractivity contribution >= 4 is 17.6 Å². The summed E-state index contributed by atoms with van der Waals surface area (Å²) in [5.74, 6) is -3.68. The van der Waals surface area contributed by atoms with Crippen molar-refractivity contribution in [3.05, 3.63) is 113 Å². The molecule has 1 aliphatic heterocycles. The van der Waals surface area contributed by atoms with Gasteiger partial charge in [0.25, 0.3) is 11.8 Å². The number of rotatable bonds is 7. The summed E-state index contributed by atoms with van der Waals surface area (Å²) in [6.07, 6.45) is -5.35. The molecule has 3 aromatic carbocycles. The monoisotopic (exact) mass is 508 g/mol. The zero-order valence-corrected chi connectivity index (χ0v) is 20.0. The summed E-state index contributed by atoms with van der Waals surface area (Å²) in [6, 6.07) is 21.4. The average Bonchev–Trinajstić information content (AvgIpc) is 3.11. The number of amides is 2. The third kappa shape index (κ3) is 4.48. The zero-order valence-electron chi connectivity index (χ0n) is 20.0. The molecule has 190 valence electrons. The number of hydrogen-bond donors (Lipinski definition) is 1. The van der Waals surface area contributed by atoms with Crippen LogP contribution < -0.4 is 10.1 Å². The van der Waals surface area contributed by atoms with Gasteiger partial charge in [0.15, 0.2) is 5.78 Å². The Bertz CT molecular complexity index is 1370. The first kappa shape index (κ1) is 25.7. The number of methoxy groups -OCH3 is 1. The Hall–Kier alpha value is -4.40. The highest BCUT2D eigenvalue weighted by Crippen LogP contribution is 2.46. The standard InChI is InChI=1S/C28H23F3N2O4/c1-18-23(24(34)20-13-7-4-8-14-20)27(28(29,30)31,26(36)33(18)17-19-11-5-3-6-12-19)32-25(35)21-15-9-10-16-22(21)37-2/h3-16H,17H2,1-2H3,(H,32,35). The minimum absolute atomic E-state index is 0.0144. The van der Waals surface area contributed by atoms with E-state index in [1.807, 2.05) is 5.32 Å². The maximum Gasteiger partial charge on any atom is 0.425 e. The van der Waals surface area contributed by atoms with Gasteiger partial charge in [0.2, 0.25) is 5.54 Å². The summed E-state index contributed by atoms with van der Waals surface area (Å²) in [7, 11) is 1.27.